The zero-order valence-corrected chi connectivity index (χ0v) is 18.6. The molecule has 162 valence electrons. The van der Waals surface area contributed by atoms with E-state index in [9.17, 15) is 9.18 Å². The van der Waals surface area contributed by atoms with Crippen molar-refractivity contribution in [2.45, 2.75) is 39.0 Å². The van der Waals surface area contributed by atoms with E-state index in [1.54, 1.807) is 12.1 Å². The molecule has 0 bridgehead atoms. The quantitative estimate of drug-likeness (QED) is 0.499. The smallest absolute Gasteiger partial charge is 0.272 e. The van der Waals surface area contributed by atoms with Crippen LogP contribution in [0.5, 0.6) is 0 Å². The van der Waals surface area contributed by atoms with Crippen LogP contribution in [0.1, 0.15) is 60.6 Å². The third-order valence-corrected chi connectivity index (χ3v) is 7.96. The van der Waals surface area contributed by atoms with Crippen LogP contribution >= 0.6 is 0 Å². The molecule has 3 nitrogen and oxygen atoms in total. The minimum Gasteiger partial charge on any atom is -0.336 e. The number of benzene rings is 2. The standard InChI is InChI=1S/C28H27FN2O/c1-3-21-17(2)26(23-12-20(29)9-10-22(21)23)19-13-28(14-19)15-31(16-28)27(32)25-11-8-18-6-4-5-7-24(18)30-25/h4-12,19,21H,3,13-16H2,1-2H3. The normalized spacial score (nSPS) is 21.6. The summed E-state index contributed by atoms with van der Waals surface area (Å²) in [6.07, 6.45) is 3.22. The van der Waals surface area contributed by atoms with E-state index in [0.717, 1.165) is 48.8 Å². The molecule has 1 spiro atoms. The number of para-hydroxylation sites is 1. The maximum atomic E-state index is 14.0. The lowest BCUT2D eigenvalue weighted by molar-refractivity contribution is -0.0614. The van der Waals surface area contributed by atoms with Gasteiger partial charge in [-0.15, -0.1) is 0 Å². The minimum atomic E-state index is -0.150. The highest BCUT2D eigenvalue weighted by Gasteiger charge is 2.55. The highest BCUT2D eigenvalue weighted by atomic mass is 19.1. The fourth-order valence-corrected chi connectivity index (χ4v) is 6.47. The first-order valence-corrected chi connectivity index (χ1v) is 11.6. The molecule has 3 aliphatic rings. The number of pyridine rings is 1. The predicted octanol–water partition coefficient (Wildman–Crippen LogP) is 6.21. The Morgan fingerprint density at radius 1 is 1.12 bits per heavy atom. The maximum Gasteiger partial charge on any atom is 0.272 e. The highest BCUT2D eigenvalue weighted by molar-refractivity contribution is 5.95. The Bertz CT molecular complexity index is 1280. The van der Waals surface area contributed by atoms with Crippen molar-refractivity contribution in [2.24, 2.45) is 11.3 Å². The summed E-state index contributed by atoms with van der Waals surface area (Å²) in [7, 11) is 0. The number of hydrogen-bond donors (Lipinski definition) is 0. The monoisotopic (exact) mass is 426 g/mol. The second-order valence-corrected chi connectivity index (χ2v) is 9.94. The number of halogens is 1. The summed E-state index contributed by atoms with van der Waals surface area (Å²) < 4.78 is 14.0. The molecule has 4 heteroatoms. The van der Waals surface area contributed by atoms with Crippen LogP contribution in [-0.2, 0) is 0 Å². The van der Waals surface area contributed by atoms with Gasteiger partial charge in [0.1, 0.15) is 11.5 Å². The number of aromatic nitrogens is 1. The van der Waals surface area contributed by atoms with Crippen molar-refractivity contribution >= 4 is 22.4 Å². The minimum absolute atomic E-state index is 0.0274. The molecule has 2 aromatic carbocycles. The third-order valence-electron chi connectivity index (χ3n) is 7.96. The summed E-state index contributed by atoms with van der Waals surface area (Å²) in [5, 5.41) is 1.05. The van der Waals surface area contributed by atoms with Crippen LogP contribution in [0.2, 0.25) is 0 Å². The first-order chi connectivity index (χ1) is 15.5. The van der Waals surface area contributed by atoms with Crippen LogP contribution in [0.15, 0.2) is 60.2 Å². The Hall–Kier alpha value is -3.01. The number of nitrogens with zero attached hydrogens (tertiary/aromatic N) is 2. The van der Waals surface area contributed by atoms with Crippen LogP contribution in [0, 0.1) is 17.2 Å². The molecule has 3 aromatic rings. The van der Waals surface area contributed by atoms with Gasteiger partial charge in [0.2, 0.25) is 0 Å². The Labute approximate surface area is 188 Å². The molecule has 1 saturated carbocycles. The maximum absolute atomic E-state index is 14.0. The van der Waals surface area contributed by atoms with Gasteiger partial charge in [0.05, 0.1) is 5.52 Å². The van der Waals surface area contributed by atoms with Crippen molar-refractivity contribution in [3.05, 3.63) is 82.8 Å². The fourth-order valence-electron chi connectivity index (χ4n) is 6.47. The van der Waals surface area contributed by atoms with Gasteiger partial charge in [-0.1, -0.05) is 42.8 Å². The second kappa shape index (κ2) is 6.99. The van der Waals surface area contributed by atoms with Crippen LogP contribution in [0.25, 0.3) is 16.5 Å². The van der Waals surface area contributed by atoms with Gasteiger partial charge in [-0.05, 0) is 73.1 Å². The van der Waals surface area contributed by atoms with E-state index in [1.807, 2.05) is 47.4 Å². The Balaban J connectivity index is 1.16. The third kappa shape index (κ3) is 2.85. The summed E-state index contributed by atoms with van der Waals surface area (Å²) in [6.45, 7) is 6.05. The largest absolute Gasteiger partial charge is 0.336 e. The predicted molar refractivity (Wildman–Crippen MR) is 125 cm³/mol. The van der Waals surface area contributed by atoms with Crippen molar-refractivity contribution < 1.29 is 9.18 Å². The zero-order valence-electron chi connectivity index (χ0n) is 18.6. The van der Waals surface area contributed by atoms with Crippen LogP contribution in [0.4, 0.5) is 4.39 Å². The average Bonchev–Trinajstić information content (AvgIpc) is 3.01. The van der Waals surface area contributed by atoms with Gasteiger partial charge < -0.3 is 4.90 Å². The van der Waals surface area contributed by atoms with E-state index >= 15 is 0 Å². The van der Waals surface area contributed by atoms with Gasteiger partial charge in [0.25, 0.3) is 5.91 Å². The summed E-state index contributed by atoms with van der Waals surface area (Å²) in [5.41, 5.74) is 6.81. The van der Waals surface area contributed by atoms with E-state index in [1.165, 1.54) is 16.7 Å². The first-order valence-electron chi connectivity index (χ1n) is 11.6. The number of carbonyl (C=O) groups is 1. The molecule has 1 aliphatic heterocycles. The number of fused-ring (bicyclic) bond motifs is 2. The number of likely N-dealkylation sites (tertiary alicyclic amines) is 1. The van der Waals surface area contributed by atoms with E-state index in [-0.39, 0.29) is 17.1 Å². The molecule has 1 aromatic heterocycles. The van der Waals surface area contributed by atoms with E-state index < -0.39 is 0 Å². The topological polar surface area (TPSA) is 33.2 Å². The molecular formula is C28H27FN2O. The van der Waals surface area contributed by atoms with Gasteiger partial charge in [-0.25, -0.2) is 9.37 Å². The lowest BCUT2D eigenvalue weighted by atomic mass is 9.55. The molecule has 0 N–H and O–H groups in total. The lowest BCUT2D eigenvalue weighted by Gasteiger charge is -2.59. The molecule has 2 aliphatic carbocycles. The first kappa shape index (κ1) is 19.7. The molecule has 1 saturated heterocycles. The summed E-state index contributed by atoms with van der Waals surface area (Å²) in [6, 6.07) is 17.0. The van der Waals surface area contributed by atoms with Crippen LogP contribution in [-0.4, -0.2) is 28.9 Å². The van der Waals surface area contributed by atoms with Crippen molar-refractivity contribution in [3.8, 4) is 0 Å². The van der Waals surface area contributed by atoms with Crippen molar-refractivity contribution in [1.29, 1.82) is 0 Å². The number of rotatable bonds is 3. The van der Waals surface area contributed by atoms with Crippen molar-refractivity contribution in [3.63, 3.8) is 0 Å². The van der Waals surface area contributed by atoms with Crippen LogP contribution < -0.4 is 0 Å². The van der Waals surface area contributed by atoms with E-state index in [4.69, 9.17) is 0 Å². The van der Waals surface area contributed by atoms with Gasteiger partial charge >= 0.3 is 0 Å². The van der Waals surface area contributed by atoms with Gasteiger partial charge in [0, 0.05) is 29.8 Å². The van der Waals surface area contributed by atoms with Gasteiger partial charge in [0.15, 0.2) is 0 Å². The molecule has 1 amide bonds. The van der Waals surface area contributed by atoms with E-state index in [2.05, 4.69) is 18.8 Å². The van der Waals surface area contributed by atoms with Crippen molar-refractivity contribution in [1.82, 2.24) is 9.88 Å². The Kier molecular flexibility index (Phi) is 4.30. The van der Waals surface area contributed by atoms with Gasteiger partial charge in [-0.3, -0.25) is 4.79 Å². The molecule has 2 fully saturated rings. The Morgan fingerprint density at radius 3 is 2.69 bits per heavy atom. The van der Waals surface area contributed by atoms with Crippen molar-refractivity contribution in [2.75, 3.05) is 13.1 Å². The summed E-state index contributed by atoms with van der Waals surface area (Å²) >= 11 is 0. The van der Waals surface area contributed by atoms with E-state index in [0.29, 0.717) is 17.5 Å². The average molecular weight is 427 g/mol. The van der Waals surface area contributed by atoms with Crippen LogP contribution in [0.3, 0.4) is 0 Å². The summed E-state index contributed by atoms with van der Waals surface area (Å²) in [5.74, 6) is 0.765. The number of carbonyl (C=O) groups excluding carboxylic acids is 1. The fraction of sp³-hybridized carbons (Fsp3) is 0.357. The Morgan fingerprint density at radius 2 is 1.91 bits per heavy atom. The molecule has 0 radical (unpaired) electrons. The zero-order chi connectivity index (χ0) is 22.0. The molecule has 1 atom stereocenters. The SMILES string of the molecule is CCC1C(C)=C(C2CC3(C2)CN(C(=O)c2ccc4ccccc4n2)C3)c2cc(F)ccc21. The second-order valence-electron chi connectivity index (χ2n) is 9.94. The molecule has 32 heavy (non-hydrogen) atoms. The number of hydrogen-bond acceptors (Lipinski definition) is 2. The number of amides is 1. The number of allylic oxidation sites excluding steroid dienone is 2. The molecule has 1 unspecified atom stereocenters. The van der Waals surface area contributed by atoms with Gasteiger partial charge in [-0.2, -0.15) is 0 Å². The molecular weight excluding hydrogens is 399 g/mol. The molecule has 2 heterocycles. The summed E-state index contributed by atoms with van der Waals surface area (Å²) in [4.78, 5) is 19.5. The molecule has 6 rings (SSSR count). The highest BCUT2D eigenvalue weighted by Crippen LogP contribution is 2.60. The lowest BCUT2D eigenvalue weighted by Crippen LogP contribution is -2.63.